The van der Waals surface area contributed by atoms with Gasteiger partial charge < -0.3 is 19.7 Å². The molecule has 3 rings (SSSR count). The summed E-state index contributed by atoms with van der Waals surface area (Å²) in [5.41, 5.74) is 3.50. The summed E-state index contributed by atoms with van der Waals surface area (Å²) >= 11 is 0. The Balaban J connectivity index is 1.56. The van der Waals surface area contributed by atoms with E-state index in [9.17, 15) is 9.59 Å². The molecule has 1 aliphatic heterocycles. The van der Waals surface area contributed by atoms with Crippen LogP contribution in [0.4, 0.5) is 5.69 Å². The summed E-state index contributed by atoms with van der Waals surface area (Å²) in [7, 11) is 1.63. The largest absolute Gasteiger partial charge is 0.382 e. The summed E-state index contributed by atoms with van der Waals surface area (Å²) in [5.74, 6) is 6.16. The highest BCUT2D eigenvalue weighted by Gasteiger charge is 2.21. The van der Waals surface area contributed by atoms with Crippen LogP contribution >= 0.6 is 0 Å². The summed E-state index contributed by atoms with van der Waals surface area (Å²) in [5, 5.41) is 2.85. The molecule has 1 N–H and O–H groups in total. The second-order valence-corrected chi connectivity index (χ2v) is 7.21. The lowest BCUT2D eigenvalue weighted by Crippen LogP contribution is -2.33. The molecule has 0 saturated carbocycles. The summed E-state index contributed by atoms with van der Waals surface area (Å²) < 4.78 is 10.3. The van der Waals surface area contributed by atoms with E-state index in [-0.39, 0.29) is 24.7 Å². The zero-order chi connectivity index (χ0) is 21.9. The van der Waals surface area contributed by atoms with E-state index in [4.69, 9.17) is 9.47 Å². The number of hydrogen-bond donors (Lipinski definition) is 1. The quantitative estimate of drug-likeness (QED) is 0.474. The predicted molar refractivity (Wildman–Crippen MR) is 120 cm³/mol. The third kappa shape index (κ3) is 6.68. The van der Waals surface area contributed by atoms with Crippen molar-refractivity contribution in [2.45, 2.75) is 25.8 Å². The highest BCUT2D eigenvalue weighted by molar-refractivity contribution is 5.96. The number of carbonyl (C=O) groups excluding carboxylic acids is 2. The van der Waals surface area contributed by atoms with Crippen molar-refractivity contribution >= 4 is 17.5 Å². The molecule has 0 radical (unpaired) electrons. The Morgan fingerprint density at radius 2 is 1.71 bits per heavy atom. The van der Waals surface area contributed by atoms with Gasteiger partial charge in [0.15, 0.2) is 0 Å². The van der Waals surface area contributed by atoms with Crippen LogP contribution in [0.15, 0.2) is 48.5 Å². The van der Waals surface area contributed by atoms with Gasteiger partial charge in [0.2, 0.25) is 11.8 Å². The van der Waals surface area contributed by atoms with Crippen LogP contribution in [0.5, 0.6) is 0 Å². The molecule has 162 valence electrons. The normalized spacial score (nSPS) is 12.0. The lowest BCUT2D eigenvalue weighted by molar-refractivity contribution is -0.125. The first-order valence-corrected chi connectivity index (χ1v) is 10.5. The fourth-order valence-electron chi connectivity index (χ4n) is 3.30. The Bertz CT molecular complexity index is 961. The first kappa shape index (κ1) is 22.5. The number of carbonyl (C=O) groups is 2. The first-order chi connectivity index (χ1) is 15.2. The van der Waals surface area contributed by atoms with E-state index >= 15 is 0 Å². The van der Waals surface area contributed by atoms with E-state index < -0.39 is 0 Å². The number of nitrogens with one attached hydrogen (secondary N) is 1. The van der Waals surface area contributed by atoms with Gasteiger partial charge in [-0.1, -0.05) is 42.2 Å². The molecule has 0 aromatic heterocycles. The summed E-state index contributed by atoms with van der Waals surface area (Å²) in [4.78, 5) is 27.0. The van der Waals surface area contributed by atoms with Crippen molar-refractivity contribution in [1.29, 1.82) is 0 Å². The topological polar surface area (TPSA) is 67.9 Å². The van der Waals surface area contributed by atoms with E-state index in [1.54, 1.807) is 12.0 Å². The Kier molecular flexibility index (Phi) is 8.65. The van der Waals surface area contributed by atoms with Gasteiger partial charge in [-0.2, -0.15) is 0 Å². The number of nitrogens with zero attached hydrogens (tertiary/aromatic N) is 1. The molecule has 1 heterocycles. The Morgan fingerprint density at radius 1 is 0.968 bits per heavy atom. The monoisotopic (exact) mass is 420 g/mol. The van der Waals surface area contributed by atoms with Crippen LogP contribution in [0.25, 0.3) is 0 Å². The minimum Gasteiger partial charge on any atom is -0.382 e. The standard InChI is InChI=1S/C25H28N2O4/c1-30-17-18-31-16-6-15-26-24(28)13-14-25(29)27-19-22-9-3-2-7-20(22)11-12-21-8-4-5-10-23(21)27/h2-5,7-10H,6,13-19H2,1H3,(H,26,28). The van der Waals surface area contributed by atoms with Gasteiger partial charge in [-0.15, -0.1) is 0 Å². The average molecular weight is 421 g/mol. The van der Waals surface area contributed by atoms with Crippen LogP contribution in [0.3, 0.4) is 0 Å². The zero-order valence-electron chi connectivity index (χ0n) is 17.9. The smallest absolute Gasteiger partial charge is 0.227 e. The van der Waals surface area contributed by atoms with Crippen molar-refractivity contribution in [3.8, 4) is 11.8 Å². The molecule has 1 aliphatic rings. The second kappa shape index (κ2) is 11.9. The lowest BCUT2D eigenvalue weighted by atomic mass is 10.0. The number of benzene rings is 2. The number of fused-ring (bicyclic) bond motifs is 2. The first-order valence-electron chi connectivity index (χ1n) is 10.5. The van der Waals surface area contributed by atoms with Gasteiger partial charge in [0.05, 0.1) is 25.4 Å². The van der Waals surface area contributed by atoms with E-state index in [0.29, 0.717) is 32.9 Å². The van der Waals surface area contributed by atoms with Crippen LogP contribution in [-0.4, -0.2) is 45.3 Å². The van der Waals surface area contributed by atoms with Crippen molar-refractivity contribution in [2.75, 3.05) is 38.4 Å². The molecule has 0 aliphatic carbocycles. The average Bonchev–Trinajstić information content (AvgIpc) is 2.78. The highest BCUT2D eigenvalue weighted by atomic mass is 16.5. The van der Waals surface area contributed by atoms with Gasteiger partial charge >= 0.3 is 0 Å². The van der Waals surface area contributed by atoms with Gasteiger partial charge in [0.1, 0.15) is 0 Å². The third-order valence-electron chi connectivity index (χ3n) is 4.96. The fraction of sp³-hybridized carbons (Fsp3) is 0.360. The van der Waals surface area contributed by atoms with E-state index in [0.717, 1.165) is 28.8 Å². The minimum atomic E-state index is -0.134. The fourth-order valence-corrected chi connectivity index (χ4v) is 3.30. The molecular weight excluding hydrogens is 392 g/mol. The zero-order valence-corrected chi connectivity index (χ0v) is 17.9. The van der Waals surface area contributed by atoms with Crippen LogP contribution in [-0.2, 0) is 25.6 Å². The van der Waals surface area contributed by atoms with Gasteiger partial charge in [0.25, 0.3) is 0 Å². The number of anilines is 1. The maximum atomic E-state index is 13.1. The van der Waals surface area contributed by atoms with Crippen molar-refractivity contribution in [2.24, 2.45) is 0 Å². The van der Waals surface area contributed by atoms with Crippen molar-refractivity contribution < 1.29 is 19.1 Å². The summed E-state index contributed by atoms with van der Waals surface area (Å²) in [6.07, 6.45) is 1.01. The van der Waals surface area contributed by atoms with Gasteiger partial charge in [-0.05, 0) is 30.2 Å². The van der Waals surface area contributed by atoms with Crippen LogP contribution < -0.4 is 10.2 Å². The maximum Gasteiger partial charge on any atom is 0.227 e. The van der Waals surface area contributed by atoms with Crippen LogP contribution in [0, 0.1) is 11.8 Å². The Labute approximate surface area is 183 Å². The number of para-hydroxylation sites is 1. The van der Waals surface area contributed by atoms with E-state index in [2.05, 4.69) is 17.2 Å². The molecule has 0 atom stereocenters. The Hall–Kier alpha value is -3.14. The summed E-state index contributed by atoms with van der Waals surface area (Å²) in [6, 6.07) is 15.5. The number of amides is 2. The molecule has 2 aromatic carbocycles. The molecule has 0 unspecified atom stereocenters. The SMILES string of the molecule is COCCOCCCNC(=O)CCC(=O)N1Cc2ccccc2C#Cc2ccccc21. The highest BCUT2D eigenvalue weighted by Crippen LogP contribution is 2.26. The molecule has 2 amide bonds. The second-order valence-electron chi connectivity index (χ2n) is 7.21. The molecule has 0 saturated heterocycles. The van der Waals surface area contributed by atoms with Crippen LogP contribution in [0.2, 0.25) is 0 Å². The van der Waals surface area contributed by atoms with Gasteiger partial charge in [0, 0.05) is 44.2 Å². The molecule has 6 heteroatoms. The van der Waals surface area contributed by atoms with Gasteiger partial charge in [-0.25, -0.2) is 0 Å². The van der Waals surface area contributed by atoms with Crippen molar-refractivity contribution in [1.82, 2.24) is 5.32 Å². The molecule has 2 aromatic rings. The maximum absolute atomic E-state index is 13.1. The third-order valence-corrected chi connectivity index (χ3v) is 4.96. The van der Waals surface area contributed by atoms with Crippen LogP contribution in [0.1, 0.15) is 36.0 Å². The molecule has 0 bridgehead atoms. The molecular formula is C25H28N2O4. The van der Waals surface area contributed by atoms with Crippen molar-refractivity contribution in [3.63, 3.8) is 0 Å². The molecule has 0 fully saturated rings. The molecule has 6 nitrogen and oxygen atoms in total. The number of hydrogen-bond acceptors (Lipinski definition) is 4. The van der Waals surface area contributed by atoms with E-state index in [1.807, 2.05) is 48.5 Å². The van der Waals surface area contributed by atoms with Gasteiger partial charge in [-0.3, -0.25) is 9.59 Å². The summed E-state index contributed by atoms with van der Waals surface area (Å²) in [6.45, 7) is 2.62. The van der Waals surface area contributed by atoms with Crippen molar-refractivity contribution in [3.05, 3.63) is 65.2 Å². The number of rotatable bonds is 10. The molecule has 31 heavy (non-hydrogen) atoms. The minimum absolute atomic E-state index is 0.0935. The van der Waals surface area contributed by atoms with E-state index in [1.165, 1.54) is 0 Å². The lowest BCUT2D eigenvalue weighted by Gasteiger charge is -2.26. The number of methoxy groups -OCH3 is 1. The number of ether oxygens (including phenoxy) is 2. The molecule has 0 spiro atoms. The Morgan fingerprint density at radius 3 is 2.55 bits per heavy atom. The predicted octanol–water partition coefficient (Wildman–Crippen LogP) is 2.88.